The molecule has 7 heteroatoms. The van der Waals surface area contributed by atoms with E-state index >= 15 is 0 Å². The van der Waals surface area contributed by atoms with Crippen LogP contribution in [0, 0.1) is 0 Å². The Bertz CT molecular complexity index is 637. The minimum atomic E-state index is -1.16. The average Bonchev–Trinajstić information content (AvgIpc) is 2.93. The van der Waals surface area contributed by atoms with Gasteiger partial charge in [-0.05, 0) is 12.5 Å². The van der Waals surface area contributed by atoms with Crippen molar-refractivity contribution in [1.82, 2.24) is 20.6 Å². The summed E-state index contributed by atoms with van der Waals surface area (Å²) in [4.78, 5) is 22.9. The van der Waals surface area contributed by atoms with Crippen LogP contribution in [0.5, 0.6) is 0 Å². The minimum Gasteiger partial charge on any atom is -0.476 e. The number of carboxylic acids is 1. The van der Waals surface area contributed by atoms with Gasteiger partial charge < -0.3 is 5.11 Å². The molecule has 7 nitrogen and oxygen atoms in total. The molecule has 0 atom stereocenters. The van der Waals surface area contributed by atoms with Crippen LogP contribution in [0.3, 0.4) is 0 Å². The number of carboxylic acid groups (broad SMARTS) is 1. The highest BCUT2D eigenvalue weighted by atomic mass is 16.4. The fourth-order valence-electron chi connectivity index (χ4n) is 1.83. The fourth-order valence-corrected chi connectivity index (χ4v) is 1.83. The van der Waals surface area contributed by atoms with Crippen LogP contribution in [-0.4, -0.2) is 26.8 Å². The van der Waals surface area contributed by atoms with Crippen molar-refractivity contribution in [2.75, 3.05) is 0 Å². The summed E-state index contributed by atoms with van der Waals surface area (Å²) in [5.74, 6) is -1.58. The number of hydrazine groups is 1. The van der Waals surface area contributed by atoms with Crippen molar-refractivity contribution >= 4 is 11.9 Å². The Morgan fingerprint density at radius 3 is 2.62 bits per heavy atom. The number of aryl methyl sites for hydroxylation is 1. The molecule has 2 aromatic rings. The van der Waals surface area contributed by atoms with E-state index in [1.807, 2.05) is 30.3 Å². The molecule has 1 aromatic heterocycles. The summed E-state index contributed by atoms with van der Waals surface area (Å²) in [7, 11) is 0. The van der Waals surface area contributed by atoms with Gasteiger partial charge in [-0.3, -0.25) is 14.9 Å². The monoisotopic (exact) mass is 288 g/mol. The van der Waals surface area contributed by atoms with E-state index in [4.69, 9.17) is 5.11 Å². The summed E-state index contributed by atoms with van der Waals surface area (Å²) >= 11 is 0. The first-order valence-corrected chi connectivity index (χ1v) is 6.50. The third-order valence-electron chi connectivity index (χ3n) is 2.87. The van der Waals surface area contributed by atoms with Gasteiger partial charge in [-0.2, -0.15) is 5.10 Å². The van der Waals surface area contributed by atoms with Crippen LogP contribution in [0.4, 0.5) is 0 Å². The van der Waals surface area contributed by atoms with E-state index in [1.165, 1.54) is 10.7 Å². The van der Waals surface area contributed by atoms with Crippen LogP contribution < -0.4 is 10.9 Å². The number of nitrogens with zero attached hydrogens (tertiary/aromatic N) is 2. The summed E-state index contributed by atoms with van der Waals surface area (Å²) in [5.41, 5.74) is 6.41. The van der Waals surface area contributed by atoms with Crippen LogP contribution in [0.2, 0.25) is 0 Å². The van der Waals surface area contributed by atoms with Gasteiger partial charge in [0, 0.05) is 19.2 Å². The molecular formula is C14H16N4O3. The smallest absolute Gasteiger partial charge is 0.356 e. The number of hydrogen-bond donors (Lipinski definition) is 3. The van der Waals surface area contributed by atoms with Gasteiger partial charge in [-0.25, -0.2) is 10.2 Å². The lowest BCUT2D eigenvalue weighted by molar-refractivity contribution is 0.0689. The summed E-state index contributed by atoms with van der Waals surface area (Å²) in [5, 5.41) is 12.7. The third-order valence-corrected chi connectivity index (χ3v) is 2.87. The number of aromatic carboxylic acids is 1. The highest BCUT2D eigenvalue weighted by Crippen LogP contribution is 2.05. The van der Waals surface area contributed by atoms with E-state index in [2.05, 4.69) is 16.0 Å². The first-order valence-electron chi connectivity index (χ1n) is 6.50. The van der Waals surface area contributed by atoms with Gasteiger partial charge in [-0.1, -0.05) is 30.3 Å². The molecule has 0 saturated carbocycles. The summed E-state index contributed by atoms with van der Waals surface area (Å²) in [6.07, 6.45) is 0. The SMILES string of the molecule is CCn1nc(C(=O)O)cc1C(=O)NNCc1ccccc1. The molecule has 0 saturated heterocycles. The largest absolute Gasteiger partial charge is 0.476 e. The maximum atomic E-state index is 12.0. The molecule has 21 heavy (non-hydrogen) atoms. The van der Waals surface area contributed by atoms with E-state index in [-0.39, 0.29) is 11.4 Å². The van der Waals surface area contributed by atoms with Crippen molar-refractivity contribution < 1.29 is 14.7 Å². The number of hydrogen-bond acceptors (Lipinski definition) is 4. The number of aromatic nitrogens is 2. The zero-order chi connectivity index (χ0) is 15.2. The second-order valence-corrected chi connectivity index (χ2v) is 4.33. The standard InChI is InChI=1S/C14H16N4O3/c1-2-18-12(8-11(17-18)14(20)21)13(19)16-15-9-10-6-4-3-5-7-10/h3-8,15H,2,9H2,1H3,(H,16,19)(H,20,21). The van der Waals surface area contributed by atoms with Crippen LogP contribution >= 0.6 is 0 Å². The van der Waals surface area contributed by atoms with Gasteiger partial charge in [-0.15, -0.1) is 0 Å². The van der Waals surface area contributed by atoms with Gasteiger partial charge >= 0.3 is 5.97 Å². The van der Waals surface area contributed by atoms with Gasteiger partial charge in [0.15, 0.2) is 5.69 Å². The molecule has 0 unspecified atom stereocenters. The first-order chi connectivity index (χ1) is 10.1. The molecule has 3 N–H and O–H groups in total. The molecular weight excluding hydrogens is 272 g/mol. The molecule has 0 aliphatic carbocycles. The zero-order valence-corrected chi connectivity index (χ0v) is 11.5. The van der Waals surface area contributed by atoms with Crippen molar-refractivity contribution in [2.45, 2.75) is 20.0 Å². The highest BCUT2D eigenvalue weighted by molar-refractivity contribution is 5.95. The molecule has 2 rings (SSSR count). The van der Waals surface area contributed by atoms with Gasteiger partial charge in [0.05, 0.1) is 0 Å². The van der Waals surface area contributed by atoms with Crippen molar-refractivity contribution in [3.05, 3.63) is 53.3 Å². The molecule has 1 aromatic carbocycles. The summed E-state index contributed by atoms with van der Waals surface area (Å²) in [6, 6.07) is 10.8. The maximum Gasteiger partial charge on any atom is 0.356 e. The Kier molecular flexibility index (Phi) is 4.68. The molecule has 1 heterocycles. The lowest BCUT2D eigenvalue weighted by Gasteiger charge is -2.08. The summed E-state index contributed by atoms with van der Waals surface area (Å²) < 4.78 is 1.35. The van der Waals surface area contributed by atoms with E-state index in [9.17, 15) is 9.59 Å². The lowest BCUT2D eigenvalue weighted by Crippen LogP contribution is -2.37. The second kappa shape index (κ2) is 6.67. The number of carbonyl (C=O) groups is 2. The molecule has 1 amide bonds. The maximum absolute atomic E-state index is 12.0. The molecule has 0 aliphatic rings. The molecule has 0 aliphatic heterocycles. The third kappa shape index (κ3) is 3.67. The van der Waals surface area contributed by atoms with Crippen molar-refractivity contribution in [1.29, 1.82) is 0 Å². The number of rotatable bonds is 6. The Balaban J connectivity index is 1.98. The Morgan fingerprint density at radius 2 is 2.00 bits per heavy atom. The molecule has 0 spiro atoms. The van der Waals surface area contributed by atoms with Gasteiger partial charge in [0.1, 0.15) is 5.69 Å². The van der Waals surface area contributed by atoms with Crippen molar-refractivity contribution in [3.63, 3.8) is 0 Å². The fraction of sp³-hybridized carbons (Fsp3) is 0.214. The van der Waals surface area contributed by atoms with Gasteiger partial charge in [0.2, 0.25) is 0 Å². The highest BCUT2D eigenvalue weighted by Gasteiger charge is 2.17. The number of nitrogens with one attached hydrogen (secondary N) is 2. The van der Waals surface area contributed by atoms with Crippen LogP contribution in [0.15, 0.2) is 36.4 Å². The predicted octanol–water partition coefficient (Wildman–Crippen LogP) is 1.04. The van der Waals surface area contributed by atoms with Crippen LogP contribution in [0.25, 0.3) is 0 Å². The van der Waals surface area contributed by atoms with Crippen molar-refractivity contribution in [2.24, 2.45) is 0 Å². The first kappa shape index (κ1) is 14.7. The number of benzene rings is 1. The molecule has 0 bridgehead atoms. The topological polar surface area (TPSA) is 96.2 Å². The second-order valence-electron chi connectivity index (χ2n) is 4.33. The number of carbonyl (C=O) groups excluding carboxylic acids is 1. The van der Waals surface area contributed by atoms with E-state index < -0.39 is 11.9 Å². The number of amides is 1. The van der Waals surface area contributed by atoms with Gasteiger partial charge in [0.25, 0.3) is 5.91 Å². The van der Waals surface area contributed by atoms with E-state index in [1.54, 1.807) is 6.92 Å². The van der Waals surface area contributed by atoms with E-state index in [0.29, 0.717) is 13.1 Å². The molecule has 110 valence electrons. The zero-order valence-electron chi connectivity index (χ0n) is 11.5. The van der Waals surface area contributed by atoms with Crippen molar-refractivity contribution in [3.8, 4) is 0 Å². The Morgan fingerprint density at radius 1 is 1.29 bits per heavy atom. The Hall–Kier alpha value is -2.67. The van der Waals surface area contributed by atoms with Crippen LogP contribution in [0.1, 0.15) is 33.5 Å². The van der Waals surface area contributed by atoms with Crippen LogP contribution in [-0.2, 0) is 13.1 Å². The van der Waals surface area contributed by atoms with E-state index in [0.717, 1.165) is 5.56 Å². The Labute approximate surface area is 121 Å². The average molecular weight is 288 g/mol. The lowest BCUT2D eigenvalue weighted by atomic mass is 10.2. The quantitative estimate of drug-likeness (QED) is 0.690. The predicted molar refractivity (Wildman–Crippen MR) is 75.6 cm³/mol. The molecule has 0 radical (unpaired) electrons. The normalized spacial score (nSPS) is 10.3. The minimum absolute atomic E-state index is 0.148. The summed E-state index contributed by atoms with van der Waals surface area (Å²) in [6.45, 7) is 2.67. The molecule has 0 fully saturated rings.